The van der Waals surface area contributed by atoms with Crippen LogP contribution in [0.15, 0.2) is 24.3 Å². The number of carbonyl (C=O) groups is 1. The average molecular weight is 289 g/mol. The number of rotatable bonds is 4. The topological polar surface area (TPSA) is 58.4 Å². The molecular weight excluding hydrogens is 262 g/mol. The number of nitrogens with two attached hydrogens (primary N) is 1. The first kappa shape index (κ1) is 16.0. The van der Waals surface area contributed by atoms with Crippen LogP contribution >= 0.6 is 0 Å². The number of nitrogens with zero attached hydrogens (tertiary/aromatic N) is 1. The standard InChI is InChI=1S/C17H27N3O/c1-17(2)8-3-10-20(11-9-17)13-15-6-4-14(5-7-15)12-16(21)19-18/h4-7H,3,8-13,18H2,1-2H3,(H,19,21). The SMILES string of the molecule is CC1(C)CCCN(Cc2ccc(CC(=O)NN)cc2)CC1. The second kappa shape index (κ2) is 7.05. The maximum Gasteiger partial charge on any atom is 0.238 e. The second-order valence-corrected chi connectivity index (χ2v) is 6.85. The number of benzene rings is 1. The van der Waals surface area contributed by atoms with Gasteiger partial charge < -0.3 is 0 Å². The Morgan fingerprint density at radius 3 is 2.52 bits per heavy atom. The van der Waals surface area contributed by atoms with Crippen LogP contribution in [0.2, 0.25) is 0 Å². The molecule has 1 heterocycles. The minimum atomic E-state index is -0.155. The summed E-state index contributed by atoms with van der Waals surface area (Å²) in [5.41, 5.74) is 4.95. The Morgan fingerprint density at radius 2 is 1.86 bits per heavy atom. The molecule has 0 aromatic heterocycles. The van der Waals surface area contributed by atoms with Gasteiger partial charge in [-0.3, -0.25) is 15.1 Å². The third kappa shape index (κ3) is 5.14. The molecular formula is C17H27N3O. The van der Waals surface area contributed by atoms with Gasteiger partial charge in [0.25, 0.3) is 0 Å². The van der Waals surface area contributed by atoms with E-state index in [2.05, 4.69) is 36.3 Å². The highest BCUT2D eigenvalue weighted by Crippen LogP contribution is 2.30. The summed E-state index contributed by atoms with van der Waals surface area (Å²) in [6.45, 7) is 8.09. The number of amides is 1. The largest absolute Gasteiger partial charge is 0.299 e. The third-order valence-corrected chi connectivity index (χ3v) is 4.39. The van der Waals surface area contributed by atoms with Crippen molar-refractivity contribution in [2.24, 2.45) is 11.3 Å². The monoisotopic (exact) mass is 289 g/mol. The van der Waals surface area contributed by atoms with Gasteiger partial charge >= 0.3 is 0 Å². The lowest BCUT2D eigenvalue weighted by Crippen LogP contribution is -2.31. The highest BCUT2D eigenvalue weighted by atomic mass is 16.2. The maximum atomic E-state index is 11.2. The molecule has 116 valence electrons. The van der Waals surface area contributed by atoms with Crippen molar-refractivity contribution in [3.05, 3.63) is 35.4 Å². The van der Waals surface area contributed by atoms with Crippen LogP contribution in [0.25, 0.3) is 0 Å². The number of carbonyl (C=O) groups excluding carboxylic acids is 1. The van der Waals surface area contributed by atoms with Crippen LogP contribution in [0.4, 0.5) is 0 Å². The van der Waals surface area contributed by atoms with E-state index in [-0.39, 0.29) is 5.91 Å². The van der Waals surface area contributed by atoms with E-state index in [1.165, 1.54) is 37.9 Å². The zero-order valence-electron chi connectivity index (χ0n) is 13.2. The lowest BCUT2D eigenvalue weighted by molar-refractivity contribution is -0.120. The Bertz CT molecular complexity index is 467. The number of hydrogen-bond donors (Lipinski definition) is 2. The van der Waals surface area contributed by atoms with Gasteiger partial charge in [0, 0.05) is 6.54 Å². The molecule has 2 rings (SSSR count). The third-order valence-electron chi connectivity index (χ3n) is 4.39. The number of hydrogen-bond acceptors (Lipinski definition) is 3. The molecule has 0 aliphatic carbocycles. The molecule has 1 aromatic carbocycles. The summed E-state index contributed by atoms with van der Waals surface area (Å²) in [6, 6.07) is 8.28. The normalized spacial score (nSPS) is 19.0. The van der Waals surface area contributed by atoms with Crippen LogP contribution in [0.1, 0.15) is 44.2 Å². The van der Waals surface area contributed by atoms with Crippen molar-refractivity contribution >= 4 is 5.91 Å². The van der Waals surface area contributed by atoms with Gasteiger partial charge in [-0.1, -0.05) is 38.1 Å². The predicted octanol–water partition coefficient (Wildman–Crippen LogP) is 2.23. The summed E-state index contributed by atoms with van der Waals surface area (Å²) in [6.07, 6.45) is 4.20. The summed E-state index contributed by atoms with van der Waals surface area (Å²) in [5, 5.41) is 0. The van der Waals surface area contributed by atoms with Crippen molar-refractivity contribution in [3.8, 4) is 0 Å². The molecule has 0 bridgehead atoms. The molecule has 1 amide bonds. The molecule has 0 saturated carbocycles. The van der Waals surface area contributed by atoms with Gasteiger partial charge in [0.15, 0.2) is 0 Å². The molecule has 0 atom stereocenters. The van der Waals surface area contributed by atoms with Gasteiger partial charge in [-0.05, 0) is 48.9 Å². The van der Waals surface area contributed by atoms with Crippen LogP contribution in [0.5, 0.6) is 0 Å². The first-order chi connectivity index (χ1) is 9.98. The summed E-state index contributed by atoms with van der Waals surface area (Å²) >= 11 is 0. The zero-order chi connectivity index (χ0) is 15.3. The maximum absolute atomic E-state index is 11.2. The van der Waals surface area contributed by atoms with Crippen LogP contribution in [0, 0.1) is 5.41 Å². The summed E-state index contributed by atoms with van der Waals surface area (Å²) < 4.78 is 0. The van der Waals surface area contributed by atoms with E-state index >= 15 is 0 Å². The highest BCUT2D eigenvalue weighted by Gasteiger charge is 2.22. The van der Waals surface area contributed by atoms with E-state index in [9.17, 15) is 4.79 Å². The van der Waals surface area contributed by atoms with Gasteiger partial charge in [-0.25, -0.2) is 5.84 Å². The molecule has 0 unspecified atom stereocenters. The van der Waals surface area contributed by atoms with Crippen molar-refractivity contribution < 1.29 is 4.79 Å². The number of nitrogens with one attached hydrogen (secondary N) is 1. The number of hydrazine groups is 1. The van der Waals surface area contributed by atoms with Gasteiger partial charge in [0.1, 0.15) is 0 Å². The summed E-state index contributed by atoms with van der Waals surface area (Å²) in [4.78, 5) is 13.8. The van der Waals surface area contributed by atoms with Gasteiger partial charge in [-0.15, -0.1) is 0 Å². The van der Waals surface area contributed by atoms with Crippen LogP contribution in [-0.4, -0.2) is 23.9 Å². The van der Waals surface area contributed by atoms with Gasteiger partial charge in [0.05, 0.1) is 6.42 Å². The van der Waals surface area contributed by atoms with E-state index in [0.29, 0.717) is 11.8 Å². The summed E-state index contributed by atoms with van der Waals surface area (Å²) in [5.74, 6) is 4.95. The first-order valence-corrected chi connectivity index (χ1v) is 7.78. The van der Waals surface area contributed by atoms with Crippen LogP contribution in [-0.2, 0) is 17.8 Å². The van der Waals surface area contributed by atoms with Gasteiger partial charge in [-0.2, -0.15) is 0 Å². The molecule has 0 radical (unpaired) electrons. The van der Waals surface area contributed by atoms with Crippen molar-refractivity contribution in [3.63, 3.8) is 0 Å². The smallest absolute Gasteiger partial charge is 0.238 e. The van der Waals surface area contributed by atoms with Crippen LogP contribution in [0.3, 0.4) is 0 Å². The fraction of sp³-hybridized carbons (Fsp3) is 0.588. The quantitative estimate of drug-likeness (QED) is 0.508. The highest BCUT2D eigenvalue weighted by molar-refractivity contribution is 5.77. The minimum Gasteiger partial charge on any atom is -0.299 e. The van der Waals surface area contributed by atoms with E-state index < -0.39 is 0 Å². The lowest BCUT2D eigenvalue weighted by atomic mass is 9.85. The van der Waals surface area contributed by atoms with E-state index in [1.54, 1.807) is 0 Å². The fourth-order valence-electron chi connectivity index (χ4n) is 2.89. The molecule has 1 saturated heterocycles. The average Bonchev–Trinajstić information content (AvgIpc) is 2.62. The van der Waals surface area contributed by atoms with Crippen molar-refractivity contribution in [1.29, 1.82) is 0 Å². The molecule has 1 fully saturated rings. The van der Waals surface area contributed by atoms with Crippen LogP contribution < -0.4 is 11.3 Å². The molecule has 4 heteroatoms. The molecule has 1 aliphatic rings. The Balaban J connectivity index is 1.89. The van der Waals surface area contributed by atoms with Crippen molar-refractivity contribution in [2.45, 2.75) is 46.1 Å². The van der Waals surface area contributed by atoms with E-state index in [0.717, 1.165) is 12.1 Å². The molecule has 3 N–H and O–H groups in total. The molecule has 1 aliphatic heterocycles. The molecule has 0 spiro atoms. The number of likely N-dealkylation sites (tertiary alicyclic amines) is 1. The Labute approximate surface area is 127 Å². The Kier molecular flexibility index (Phi) is 5.37. The summed E-state index contributed by atoms with van der Waals surface area (Å²) in [7, 11) is 0. The molecule has 21 heavy (non-hydrogen) atoms. The van der Waals surface area contributed by atoms with E-state index in [1.807, 2.05) is 12.1 Å². The Hall–Kier alpha value is -1.39. The Morgan fingerprint density at radius 1 is 1.19 bits per heavy atom. The van der Waals surface area contributed by atoms with E-state index in [4.69, 9.17) is 5.84 Å². The zero-order valence-corrected chi connectivity index (χ0v) is 13.2. The van der Waals surface area contributed by atoms with Crippen molar-refractivity contribution in [2.75, 3.05) is 13.1 Å². The fourth-order valence-corrected chi connectivity index (χ4v) is 2.89. The molecule has 1 aromatic rings. The van der Waals surface area contributed by atoms with Crippen molar-refractivity contribution in [1.82, 2.24) is 10.3 Å². The minimum absolute atomic E-state index is 0.155. The molecule has 4 nitrogen and oxygen atoms in total. The van der Waals surface area contributed by atoms with Gasteiger partial charge in [0.2, 0.25) is 5.91 Å². The first-order valence-electron chi connectivity index (χ1n) is 7.78. The lowest BCUT2D eigenvalue weighted by Gasteiger charge is -2.23. The second-order valence-electron chi connectivity index (χ2n) is 6.85. The predicted molar refractivity (Wildman–Crippen MR) is 85.4 cm³/mol.